The Kier molecular flexibility index (Phi) is 1.79. The van der Waals surface area contributed by atoms with Crippen LogP contribution < -0.4 is 5.73 Å². The zero-order valence-corrected chi connectivity index (χ0v) is 5.61. The van der Waals surface area contributed by atoms with Crippen LogP contribution in [0, 0.1) is 5.41 Å². The second-order valence-corrected chi connectivity index (χ2v) is 2.61. The van der Waals surface area contributed by atoms with Gasteiger partial charge in [-0.15, -0.1) is 11.3 Å². The highest BCUT2D eigenvalue weighted by Crippen LogP contribution is 2.03. The molecule has 0 amide bonds. The first-order valence-corrected chi connectivity index (χ1v) is 3.38. The van der Waals surface area contributed by atoms with Crippen LogP contribution in [0.25, 0.3) is 0 Å². The summed E-state index contributed by atoms with van der Waals surface area (Å²) in [6.07, 6.45) is 2.20. The molecule has 0 aliphatic heterocycles. The highest BCUT2D eigenvalue weighted by atomic mass is 32.1. The number of rotatable bonds is 2. The monoisotopic (exact) mass is 141 g/mol. The van der Waals surface area contributed by atoms with Crippen LogP contribution in [-0.2, 0) is 6.42 Å². The van der Waals surface area contributed by atoms with Gasteiger partial charge >= 0.3 is 0 Å². The van der Waals surface area contributed by atoms with Crippen molar-refractivity contribution in [2.75, 3.05) is 0 Å². The second-order valence-electron chi connectivity index (χ2n) is 1.63. The van der Waals surface area contributed by atoms with Crippen LogP contribution in [0.1, 0.15) is 5.01 Å². The minimum Gasteiger partial charge on any atom is -0.387 e. The number of nitrogens with two attached hydrogens (primary N) is 1. The fourth-order valence-corrected chi connectivity index (χ4v) is 1.14. The molecule has 0 aliphatic carbocycles. The molecule has 0 bridgehead atoms. The van der Waals surface area contributed by atoms with Gasteiger partial charge in [0.15, 0.2) is 0 Å². The van der Waals surface area contributed by atoms with Crippen molar-refractivity contribution in [3.63, 3.8) is 0 Å². The summed E-state index contributed by atoms with van der Waals surface area (Å²) in [7, 11) is 0. The number of amidine groups is 1. The van der Waals surface area contributed by atoms with Gasteiger partial charge in [0.2, 0.25) is 0 Å². The van der Waals surface area contributed by atoms with E-state index in [1.807, 2.05) is 5.38 Å². The average Bonchev–Trinajstić information content (AvgIpc) is 2.15. The number of hydrogen-bond donors (Lipinski definition) is 2. The summed E-state index contributed by atoms with van der Waals surface area (Å²) < 4.78 is 0. The molecule has 3 nitrogen and oxygen atoms in total. The Labute approximate surface area is 57.0 Å². The van der Waals surface area contributed by atoms with Gasteiger partial charge in [0.05, 0.1) is 17.3 Å². The van der Waals surface area contributed by atoms with E-state index in [0.29, 0.717) is 6.42 Å². The third-order valence-corrected chi connectivity index (χ3v) is 1.60. The van der Waals surface area contributed by atoms with Gasteiger partial charge in [-0.1, -0.05) is 0 Å². The van der Waals surface area contributed by atoms with Gasteiger partial charge in [0.25, 0.3) is 0 Å². The quantitative estimate of drug-likeness (QED) is 0.468. The van der Waals surface area contributed by atoms with Crippen LogP contribution in [0.2, 0.25) is 0 Å². The van der Waals surface area contributed by atoms with E-state index in [1.54, 1.807) is 6.20 Å². The SMILES string of the molecule is N=C(N)Cc1nccs1. The molecule has 48 valence electrons. The first kappa shape index (κ1) is 6.22. The van der Waals surface area contributed by atoms with E-state index in [-0.39, 0.29) is 5.84 Å². The maximum absolute atomic E-state index is 6.92. The van der Waals surface area contributed by atoms with E-state index in [4.69, 9.17) is 11.1 Å². The third kappa shape index (κ3) is 1.81. The van der Waals surface area contributed by atoms with Crippen molar-refractivity contribution in [3.8, 4) is 0 Å². The van der Waals surface area contributed by atoms with E-state index < -0.39 is 0 Å². The molecule has 3 N–H and O–H groups in total. The van der Waals surface area contributed by atoms with Crippen molar-refractivity contribution in [2.24, 2.45) is 5.73 Å². The van der Waals surface area contributed by atoms with Crippen molar-refractivity contribution in [1.82, 2.24) is 4.98 Å². The molecule has 0 aliphatic rings. The summed E-state index contributed by atoms with van der Waals surface area (Å²) >= 11 is 1.52. The first-order valence-electron chi connectivity index (χ1n) is 2.50. The minimum atomic E-state index is 0.171. The predicted octanol–water partition coefficient (Wildman–Crippen LogP) is 0.622. The number of hydrogen-bond acceptors (Lipinski definition) is 3. The van der Waals surface area contributed by atoms with Gasteiger partial charge < -0.3 is 5.73 Å². The highest BCUT2D eigenvalue weighted by molar-refractivity contribution is 7.09. The number of nitrogens with zero attached hydrogens (tertiary/aromatic N) is 1. The molecule has 1 aromatic heterocycles. The Balaban J connectivity index is 2.58. The predicted molar refractivity (Wildman–Crippen MR) is 37.7 cm³/mol. The molecule has 0 radical (unpaired) electrons. The molecule has 0 saturated carbocycles. The maximum atomic E-state index is 6.92. The molecule has 9 heavy (non-hydrogen) atoms. The first-order chi connectivity index (χ1) is 4.29. The Morgan fingerprint density at radius 3 is 3.11 bits per heavy atom. The van der Waals surface area contributed by atoms with Crippen LogP contribution in [0.4, 0.5) is 0 Å². The Morgan fingerprint density at radius 1 is 1.89 bits per heavy atom. The van der Waals surface area contributed by atoms with Crippen LogP contribution >= 0.6 is 11.3 Å². The van der Waals surface area contributed by atoms with Gasteiger partial charge in [-0.25, -0.2) is 4.98 Å². The van der Waals surface area contributed by atoms with E-state index >= 15 is 0 Å². The summed E-state index contributed by atoms with van der Waals surface area (Å²) in [6, 6.07) is 0. The molecule has 1 aromatic rings. The molecule has 1 rings (SSSR count). The van der Waals surface area contributed by atoms with E-state index in [1.165, 1.54) is 11.3 Å². The second kappa shape index (κ2) is 2.59. The van der Waals surface area contributed by atoms with E-state index in [9.17, 15) is 0 Å². The van der Waals surface area contributed by atoms with Crippen LogP contribution in [-0.4, -0.2) is 10.8 Å². The fourth-order valence-electron chi connectivity index (χ4n) is 0.503. The summed E-state index contributed by atoms with van der Waals surface area (Å²) in [5, 5.41) is 9.69. The lowest BCUT2D eigenvalue weighted by molar-refractivity contribution is 1.18. The molecule has 0 spiro atoms. The molecule has 0 unspecified atom stereocenters. The zero-order valence-electron chi connectivity index (χ0n) is 4.79. The molecule has 4 heteroatoms. The third-order valence-electron chi connectivity index (χ3n) is 0.825. The molecule has 1 heterocycles. The lowest BCUT2D eigenvalue weighted by atomic mass is 10.4. The van der Waals surface area contributed by atoms with E-state index in [2.05, 4.69) is 4.98 Å². The summed E-state index contributed by atoms with van der Waals surface area (Å²) in [5.41, 5.74) is 5.13. The maximum Gasteiger partial charge on any atom is 0.0999 e. The minimum absolute atomic E-state index is 0.171. The van der Waals surface area contributed by atoms with Gasteiger partial charge in [0.1, 0.15) is 0 Å². The Morgan fingerprint density at radius 2 is 2.67 bits per heavy atom. The average molecular weight is 141 g/mol. The summed E-state index contributed by atoms with van der Waals surface area (Å²) in [4.78, 5) is 3.95. The smallest absolute Gasteiger partial charge is 0.0999 e. The van der Waals surface area contributed by atoms with Gasteiger partial charge in [-0.05, 0) is 0 Å². The van der Waals surface area contributed by atoms with Gasteiger partial charge in [0, 0.05) is 11.6 Å². The standard InChI is InChI=1S/C5H7N3S/c6-4(7)3-5-8-1-2-9-5/h1-2H,3H2,(H3,6,7). The van der Waals surface area contributed by atoms with Crippen LogP contribution in [0.5, 0.6) is 0 Å². The molecule has 0 aromatic carbocycles. The number of aromatic nitrogens is 1. The Bertz CT molecular complexity index is 192. The van der Waals surface area contributed by atoms with Crippen molar-refractivity contribution < 1.29 is 0 Å². The van der Waals surface area contributed by atoms with Crippen molar-refractivity contribution in [3.05, 3.63) is 16.6 Å². The largest absolute Gasteiger partial charge is 0.387 e. The molecule has 0 saturated heterocycles. The summed E-state index contributed by atoms with van der Waals surface area (Å²) in [5.74, 6) is 0.171. The number of nitrogens with one attached hydrogen (secondary N) is 1. The highest BCUT2D eigenvalue weighted by Gasteiger charge is 1.94. The van der Waals surface area contributed by atoms with Gasteiger partial charge in [-0.3, -0.25) is 5.41 Å². The molecular formula is C5H7N3S. The Hall–Kier alpha value is -0.900. The van der Waals surface area contributed by atoms with Crippen LogP contribution in [0.3, 0.4) is 0 Å². The van der Waals surface area contributed by atoms with Crippen molar-refractivity contribution in [1.29, 1.82) is 5.41 Å². The lowest BCUT2D eigenvalue weighted by Crippen LogP contribution is -2.12. The van der Waals surface area contributed by atoms with Crippen molar-refractivity contribution in [2.45, 2.75) is 6.42 Å². The fraction of sp³-hybridized carbons (Fsp3) is 0.200. The normalized spacial score (nSPS) is 9.33. The number of thiazole rings is 1. The summed E-state index contributed by atoms with van der Waals surface area (Å²) in [6.45, 7) is 0. The van der Waals surface area contributed by atoms with E-state index in [0.717, 1.165) is 5.01 Å². The molecule has 0 fully saturated rings. The van der Waals surface area contributed by atoms with Crippen LogP contribution in [0.15, 0.2) is 11.6 Å². The van der Waals surface area contributed by atoms with Gasteiger partial charge in [-0.2, -0.15) is 0 Å². The van der Waals surface area contributed by atoms with Crippen molar-refractivity contribution >= 4 is 17.2 Å². The molecular weight excluding hydrogens is 134 g/mol. The lowest BCUT2D eigenvalue weighted by Gasteiger charge is -1.88. The topological polar surface area (TPSA) is 62.8 Å². The molecule has 0 atom stereocenters. The zero-order chi connectivity index (χ0) is 6.69.